The zero-order valence-corrected chi connectivity index (χ0v) is 8.97. The van der Waals surface area contributed by atoms with Crippen LogP contribution in [0, 0.1) is 0 Å². The molecule has 2 heteroatoms. The first kappa shape index (κ1) is 7.83. The van der Waals surface area contributed by atoms with E-state index in [1.165, 1.54) is 32.1 Å². The molecule has 0 radical (unpaired) electrons. The van der Waals surface area contributed by atoms with Gasteiger partial charge in [0.1, 0.15) is 0 Å². The van der Waals surface area contributed by atoms with E-state index in [2.05, 4.69) is 29.3 Å². The van der Waals surface area contributed by atoms with Crippen LogP contribution in [0.25, 0.3) is 22.1 Å². The van der Waals surface area contributed by atoms with Crippen molar-refractivity contribution in [3.05, 3.63) is 39.8 Å². The Bertz CT molecular complexity index is 679. The summed E-state index contributed by atoms with van der Waals surface area (Å²) in [5.41, 5.74) is 6.08. The van der Waals surface area contributed by atoms with E-state index in [0.717, 1.165) is 12.8 Å². The molecule has 0 spiro atoms. The lowest BCUT2D eigenvalue weighted by molar-refractivity contribution is 1.07. The molecule has 2 aliphatic carbocycles. The summed E-state index contributed by atoms with van der Waals surface area (Å²) in [6, 6.07) is 6.60. The molecule has 0 atom stereocenters. The second-order valence-electron chi connectivity index (χ2n) is 4.02. The van der Waals surface area contributed by atoms with E-state index in [1.807, 2.05) is 5.51 Å². The van der Waals surface area contributed by atoms with E-state index in [-0.39, 0.29) is 0 Å². The third kappa shape index (κ3) is 0.857. The molecule has 0 amide bonds. The number of hydrogen-bond acceptors (Lipinski definition) is 2. The molecule has 0 bridgehead atoms. The van der Waals surface area contributed by atoms with Gasteiger partial charge in [-0.3, -0.25) is 0 Å². The monoisotopic (exact) mass is 211 g/mol. The Balaban J connectivity index is 2.32. The molecule has 0 fully saturated rings. The maximum Gasteiger partial charge on any atom is 0.0856 e. The summed E-state index contributed by atoms with van der Waals surface area (Å²) < 4.78 is 0. The number of thiazole rings is 1. The lowest BCUT2D eigenvalue weighted by Crippen LogP contribution is -2.28. The average molecular weight is 211 g/mol. The van der Waals surface area contributed by atoms with Gasteiger partial charge in [-0.2, -0.15) is 0 Å². The molecule has 1 aromatic carbocycles. The minimum atomic E-state index is 1.15. The van der Waals surface area contributed by atoms with Gasteiger partial charge in [-0.05, 0) is 28.9 Å². The van der Waals surface area contributed by atoms with Gasteiger partial charge in [0.15, 0.2) is 0 Å². The molecule has 0 unspecified atom stereocenters. The van der Waals surface area contributed by atoms with Gasteiger partial charge in [0.25, 0.3) is 0 Å². The fourth-order valence-corrected chi connectivity index (χ4v) is 3.50. The summed E-state index contributed by atoms with van der Waals surface area (Å²) in [6.07, 6.45) is 4.66. The molecule has 0 N–H and O–H groups in total. The number of benzene rings is 1. The molecule has 1 aromatic heterocycles. The van der Waals surface area contributed by atoms with Crippen LogP contribution >= 0.6 is 11.3 Å². The molecule has 15 heavy (non-hydrogen) atoms. The normalized spacial score (nSPS) is 15.9. The van der Waals surface area contributed by atoms with E-state index < -0.39 is 0 Å². The molecule has 1 heterocycles. The molecule has 0 aliphatic heterocycles. The summed E-state index contributed by atoms with van der Waals surface area (Å²) in [5, 5.41) is 2.86. The Morgan fingerprint density at radius 2 is 2.27 bits per heavy atom. The summed E-state index contributed by atoms with van der Waals surface area (Å²) in [7, 11) is 0. The molecule has 2 aromatic rings. The molecule has 72 valence electrons. The van der Waals surface area contributed by atoms with Crippen molar-refractivity contribution in [3.8, 4) is 10.4 Å². The summed E-state index contributed by atoms with van der Waals surface area (Å²) in [5.74, 6) is 0. The first-order valence-electron chi connectivity index (χ1n) is 5.22. The van der Waals surface area contributed by atoms with Gasteiger partial charge in [-0.1, -0.05) is 24.3 Å². The highest BCUT2D eigenvalue weighted by Gasteiger charge is 2.23. The number of hydrogen-bond donors (Lipinski definition) is 0. The maximum absolute atomic E-state index is 4.51. The quantitative estimate of drug-likeness (QED) is 0.648. The van der Waals surface area contributed by atoms with Crippen LogP contribution in [0.4, 0.5) is 0 Å². The van der Waals surface area contributed by atoms with Crippen molar-refractivity contribution in [2.75, 3.05) is 0 Å². The van der Waals surface area contributed by atoms with Gasteiger partial charge in [0, 0.05) is 5.56 Å². The van der Waals surface area contributed by atoms with E-state index in [1.54, 1.807) is 11.3 Å². The minimum absolute atomic E-state index is 1.15. The van der Waals surface area contributed by atoms with E-state index in [0.29, 0.717) is 0 Å². The highest BCUT2D eigenvalue weighted by atomic mass is 32.1. The Morgan fingerprint density at radius 1 is 1.27 bits per heavy atom. The van der Waals surface area contributed by atoms with Crippen molar-refractivity contribution in [2.24, 2.45) is 0 Å². The third-order valence-corrected chi connectivity index (χ3v) is 4.11. The van der Waals surface area contributed by atoms with Crippen molar-refractivity contribution in [3.63, 3.8) is 0 Å². The Labute approximate surface area is 91.4 Å². The van der Waals surface area contributed by atoms with Crippen LogP contribution in [0.2, 0.25) is 0 Å². The number of nitrogens with zero attached hydrogens (tertiary/aromatic N) is 1. The lowest BCUT2D eigenvalue weighted by atomic mass is 10.0. The topological polar surface area (TPSA) is 12.9 Å². The zero-order chi connectivity index (χ0) is 9.83. The molecule has 1 nitrogen and oxygen atoms in total. The van der Waals surface area contributed by atoms with Crippen LogP contribution in [0.15, 0.2) is 23.7 Å². The van der Waals surface area contributed by atoms with Crippen LogP contribution in [-0.2, 0) is 0 Å². The number of fused-ring (bicyclic) bond motifs is 3. The first-order valence-corrected chi connectivity index (χ1v) is 6.10. The van der Waals surface area contributed by atoms with Crippen molar-refractivity contribution in [1.29, 1.82) is 0 Å². The standard InChI is InChI=1S/C13H9NS/c1-3-8-4-2-6-10-11(8)9(5-1)12-13(10)15-7-14-12/h2-4,6-7H,1,5H2. The second kappa shape index (κ2) is 2.58. The van der Waals surface area contributed by atoms with Gasteiger partial charge in [0.2, 0.25) is 0 Å². The average Bonchev–Trinajstić information content (AvgIpc) is 2.84. The SMILES string of the molecule is C1=c2cccc3c2=C(CC1)c1ncsc1-3. The molecular formula is C13H9NS. The van der Waals surface area contributed by atoms with Crippen LogP contribution in [-0.4, -0.2) is 4.98 Å². The summed E-state index contributed by atoms with van der Waals surface area (Å²) >= 11 is 1.76. The summed E-state index contributed by atoms with van der Waals surface area (Å²) in [6.45, 7) is 0. The molecule has 2 aliphatic rings. The van der Waals surface area contributed by atoms with Gasteiger partial charge in [-0.15, -0.1) is 11.3 Å². The largest absolute Gasteiger partial charge is 0.244 e. The maximum atomic E-state index is 4.51. The fourth-order valence-electron chi connectivity index (χ4n) is 2.65. The van der Waals surface area contributed by atoms with Gasteiger partial charge in [-0.25, -0.2) is 4.98 Å². The highest BCUT2D eigenvalue weighted by molar-refractivity contribution is 7.13. The fraction of sp³-hybridized carbons (Fsp3) is 0.154. The minimum Gasteiger partial charge on any atom is -0.244 e. The molecule has 4 rings (SSSR count). The third-order valence-electron chi connectivity index (χ3n) is 3.25. The first-order chi connectivity index (χ1) is 7.45. The smallest absolute Gasteiger partial charge is 0.0856 e. The van der Waals surface area contributed by atoms with Crippen LogP contribution in [0.5, 0.6) is 0 Å². The highest BCUT2D eigenvalue weighted by Crippen LogP contribution is 2.36. The predicted molar refractivity (Wildman–Crippen MR) is 63.0 cm³/mol. The van der Waals surface area contributed by atoms with E-state index in [9.17, 15) is 0 Å². The van der Waals surface area contributed by atoms with Crippen LogP contribution in [0.3, 0.4) is 0 Å². The predicted octanol–water partition coefficient (Wildman–Crippen LogP) is 1.90. The van der Waals surface area contributed by atoms with E-state index in [4.69, 9.17) is 0 Å². The van der Waals surface area contributed by atoms with Crippen molar-refractivity contribution >= 4 is 23.0 Å². The molecule has 0 saturated carbocycles. The molecule has 0 saturated heterocycles. The van der Waals surface area contributed by atoms with Gasteiger partial charge >= 0.3 is 0 Å². The molecular weight excluding hydrogens is 202 g/mol. The van der Waals surface area contributed by atoms with E-state index >= 15 is 0 Å². The Kier molecular flexibility index (Phi) is 1.35. The van der Waals surface area contributed by atoms with Crippen molar-refractivity contribution in [2.45, 2.75) is 12.8 Å². The number of aromatic nitrogens is 1. The lowest BCUT2D eigenvalue weighted by Gasteiger charge is -2.04. The van der Waals surface area contributed by atoms with Crippen molar-refractivity contribution in [1.82, 2.24) is 4.98 Å². The van der Waals surface area contributed by atoms with Crippen molar-refractivity contribution < 1.29 is 0 Å². The van der Waals surface area contributed by atoms with Gasteiger partial charge < -0.3 is 0 Å². The van der Waals surface area contributed by atoms with Crippen LogP contribution in [0.1, 0.15) is 18.5 Å². The number of rotatable bonds is 0. The Hall–Kier alpha value is -1.41. The van der Waals surface area contributed by atoms with Gasteiger partial charge in [0.05, 0.1) is 16.1 Å². The van der Waals surface area contributed by atoms with Crippen LogP contribution < -0.4 is 10.4 Å². The summed E-state index contributed by atoms with van der Waals surface area (Å²) in [4.78, 5) is 5.88. The second-order valence-corrected chi connectivity index (χ2v) is 4.88. The Morgan fingerprint density at radius 3 is 3.27 bits per heavy atom. The zero-order valence-electron chi connectivity index (χ0n) is 8.16.